The number of nitrogens with zero attached hydrogens (tertiary/aromatic N) is 1. The van der Waals surface area contributed by atoms with Crippen LogP contribution in [0.25, 0.3) is 0 Å². The van der Waals surface area contributed by atoms with Gasteiger partial charge in [-0.1, -0.05) is 50.3 Å². The van der Waals surface area contributed by atoms with Gasteiger partial charge in [0, 0.05) is 5.56 Å². The van der Waals surface area contributed by atoms with Crippen LogP contribution in [0.15, 0.2) is 64.1 Å². The van der Waals surface area contributed by atoms with Gasteiger partial charge < -0.3 is 9.47 Å². The molecule has 1 aliphatic rings. The molecule has 0 amide bonds. The highest BCUT2D eigenvalue weighted by molar-refractivity contribution is 9.28. The minimum absolute atomic E-state index is 0.0563. The van der Waals surface area contributed by atoms with Crippen molar-refractivity contribution in [1.29, 1.82) is 5.26 Å². The van der Waals surface area contributed by atoms with Crippen LogP contribution in [-0.2, 0) is 9.53 Å². The molecule has 0 spiro atoms. The Kier molecular flexibility index (Phi) is 6.26. The lowest BCUT2D eigenvalue weighted by Crippen LogP contribution is -2.14. The lowest BCUT2D eigenvalue weighted by Gasteiger charge is -2.13. The Bertz CT molecular complexity index is 930. The fourth-order valence-electron chi connectivity index (χ4n) is 3.30. The Morgan fingerprint density at radius 2 is 1.82 bits per heavy atom. The van der Waals surface area contributed by atoms with Crippen LogP contribution in [0, 0.1) is 28.6 Å². The number of hydrogen-bond acceptors (Lipinski definition) is 4. The summed E-state index contributed by atoms with van der Waals surface area (Å²) in [6.45, 7) is 4.03. The summed E-state index contributed by atoms with van der Waals surface area (Å²) in [6, 6.07) is 18.5. The molecule has 2 aromatic carbocycles. The van der Waals surface area contributed by atoms with Crippen LogP contribution in [-0.4, -0.2) is 5.97 Å². The molecule has 3 atom stereocenters. The van der Waals surface area contributed by atoms with Gasteiger partial charge in [0.05, 0.1) is 9.31 Å². The average molecular weight is 505 g/mol. The highest BCUT2D eigenvalue weighted by atomic mass is 79.9. The van der Waals surface area contributed by atoms with Gasteiger partial charge in [0.2, 0.25) is 6.10 Å². The molecular weight excluding hydrogens is 486 g/mol. The first-order chi connectivity index (χ1) is 13.3. The van der Waals surface area contributed by atoms with Gasteiger partial charge in [-0.05, 0) is 67.5 Å². The quantitative estimate of drug-likeness (QED) is 0.422. The molecule has 0 saturated heterocycles. The number of halogens is 2. The molecule has 0 aliphatic heterocycles. The van der Waals surface area contributed by atoms with Crippen LogP contribution in [0.3, 0.4) is 0 Å². The normalized spacial score (nSPS) is 20.4. The van der Waals surface area contributed by atoms with E-state index >= 15 is 0 Å². The minimum atomic E-state index is -0.986. The van der Waals surface area contributed by atoms with Crippen LogP contribution in [0.4, 0.5) is 0 Å². The predicted molar refractivity (Wildman–Crippen MR) is 114 cm³/mol. The third-order valence-corrected chi connectivity index (χ3v) is 5.49. The van der Waals surface area contributed by atoms with Gasteiger partial charge in [-0.25, -0.2) is 0 Å². The second kappa shape index (κ2) is 8.50. The summed E-state index contributed by atoms with van der Waals surface area (Å²) in [6.07, 6.45) is 0.960. The number of nitriles is 1. The van der Waals surface area contributed by atoms with Crippen LogP contribution in [0.5, 0.6) is 11.5 Å². The van der Waals surface area contributed by atoms with Gasteiger partial charge in [-0.3, -0.25) is 4.79 Å². The molecule has 2 unspecified atom stereocenters. The molecule has 6 heteroatoms. The fraction of sp³-hybridized carbons (Fsp3) is 0.273. The number of allylic oxidation sites excluding steroid dienone is 1. The largest absolute Gasteiger partial charge is 0.457 e. The van der Waals surface area contributed by atoms with Crippen molar-refractivity contribution in [2.45, 2.75) is 20.0 Å². The first-order valence-corrected chi connectivity index (χ1v) is 10.4. The molecule has 1 fully saturated rings. The standard InChI is InChI=1S/C22H19Br2NO3/c1-22(2)17(12-19(23)24)20(22)21(26)28-18(13-25)14-7-6-10-16(11-14)27-15-8-4-3-5-9-15/h3-12,17-18,20H,1-2H3/t17?,18?,20-/m1/s1. The molecule has 0 heterocycles. The number of para-hydroxylation sites is 1. The van der Waals surface area contributed by atoms with Crippen molar-refractivity contribution in [2.24, 2.45) is 17.3 Å². The highest BCUT2D eigenvalue weighted by Crippen LogP contribution is 2.60. The Morgan fingerprint density at radius 3 is 2.46 bits per heavy atom. The third kappa shape index (κ3) is 4.65. The number of carbonyl (C=O) groups is 1. The molecule has 0 radical (unpaired) electrons. The zero-order valence-electron chi connectivity index (χ0n) is 15.4. The summed E-state index contributed by atoms with van der Waals surface area (Å²) >= 11 is 6.68. The molecule has 0 N–H and O–H groups in total. The number of ether oxygens (including phenoxy) is 2. The number of hydrogen-bond donors (Lipinski definition) is 0. The SMILES string of the molecule is CC1(C)C(C=C(Br)Br)[C@@H]1C(=O)OC(C#N)c1cccc(Oc2ccccc2)c1. The van der Waals surface area contributed by atoms with Crippen LogP contribution in [0.1, 0.15) is 25.5 Å². The summed E-state index contributed by atoms with van der Waals surface area (Å²) in [7, 11) is 0. The summed E-state index contributed by atoms with van der Waals surface area (Å²) in [4.78, 5) is 12.7. The van der Waals surface area contributed by atoms with Gasteiger partial charge in [0.25, 0.3) is 0 Å². The van der Waals surface area contributed by atoms with Crippen LogP contribution >= 0.6 is 31.9 Å². The van der Waals surface area contributed by atoms with Crippen molar-refractivity contribution in [1.82, 2.24) is 0 Å². The molecule has 3 rings (SSSR count). The Labute approximate surface area is 181 Å². The van der Waals surface area contributed by atoms with Gasteiger partial charge in [0.1, 0.15) is 17.6 Å². The number of esters is 1. The van der Waals surface area contributed by atoms with Crippen molar-refractivity contribution >= 4 is 37.8 Å². The maximum Gasteiger partial charge on any atom is 0.311 e. The topological polar surface area (TPSA) is 59.3 Å². The summed E-state index contributed by atoms with van der Waals surface area (Å²) < 4.78 is 12.2. The molecule has 2 aromatic rings. The van der Waals surface area contributed by atoms with Gasteiger partial charge in [-0.15, -0.1) is 0 Å². The Balaban J connectivity index is 1.72. The fourth-order valence-corrected chi connectivity index (χ4v) is 3.87. The molecule has 0 bridgehead atoms. The Hall–Kier alpha value is -2.10. The zero-order valence-corrected chi connectivity index (χ0v) is 18.6. The first kappa shape index (κ1) is 20.6. The number of benzene rings is 2. The molecule has 28 heavy (non-hydrogen) atoms. The minimum Gasteiger partial charge on any atom is -0.457 e. The second-order valence-corrected chi connectivity index (χ2v) is 9.99. The van der Waals surface area contributed by atoms with E-state index in [1.54, 1.807) is 24.3 Å². The first-order valence-electron chi connectivity index (χ1n) is 8.78. The lowest BCUT2D eigenvalue weighted by atomic mass is 10.1. The van der Waals surface area contributed by atoms with Crippen LogP contribution in [0.2, 0.25) is 0 Å². The lowest BCUT2D eigenvalue weighted by molar-refractivity contribution is -0.149. The molecular formula is C22H19Br2NO3. The monoisotopic (exact) mass is 503 g/mol. The van der Waals surface area contributed by atoms with Gasteiger partial charge >= 0.3 is 5.97 Å². The second-order valence-electron chi connectivity index (χ2n) is 7.21. The number of rotatable bonds is 6. The van der Waals surface area contributed by atoms with E-state index in [9.17, 15) is 10.1 Å². The van der Waals surface area contributed by atoms with Gasteiger partial charge in [0.15, 0.2) is 0 Å². The van der Waals surface area contributed by atoms with E-state index in [-0.39, 0.29) is 23.2 Å². The maximum absolute atomic E-state index is 12.7. The van der Waals surface area contributed by atoms with Crippen molar-refractivity contribution in [3.8, 4) is 17.6 Å². The predicted octanol–water partition coefficient (Wildman–Crippen LogP) is 6.49. The third-order valence-electron chi connectivity index (χ3n) is 4.96. The van der Waals surface area contributed by atoms with Crippen LogP contribution < -0.4 is 4.74 Å². The van der Waals surface area contributed by atoms with E-state index in [0.29, 0.717) is 17.1 Å². The van der Waals surface area contributed by atoms with E-state index in [1.807, 2.05) is 50.3 Å². The molecule has 0 aromatic heterocycles. The zero-order chi connectivity index (χ0) is 20.3. The van der Waals surface area contributed by atoms with Crippen molar-refractivity contribution in [2.75, 3.05) is 0 Å². The van der Waals surface area contributed by atoms with E-state index in [4.69, 9.17) is 9.47 Å². The highest BCUT2D eigenvalue weighted by Gasteiger charge is 2.61. The smallest absolute Gasteiger partial charge is 0.311 e. The molecule has 1 saturated carbocycles. The number of carbonyl (C=O) groups excluding carboxylic acids is 1. The van der Waals surface area contributed by atoms with Crippen molar-refractivity contribution in [3.05, 3.63) is 69.6 Å². The summed E-state index contributed by atoms with van der Waals surface area (Å²) in [5.41, 5.74) is 0.374. The summed E-state index contributed by atoms with van der Waals surface area (Å²) in [5, 5.41) is 9.56. The summed E-state index contributed by atoms with van der Waals surface area (Å²) in [5.74, 6) is 0.683. The van der Waals surface area contributed by atoms with Crippen molar-refractivity contribution < 1.29 is 14.3 Å². The molecule has 1 aliphatic carbocycles. The van der Waals surface area contributed by atoms with E-state index in [0.717, 1.165) is 3.39 Å². The molecule has 4 nitrogen and oxygen atoms in total. The average Bonchev–Trinajstić information content (AvgIpc) is 3.20. The molecule has 144 valence electrons. The van der Waals surface area contributed by atoms with E-state index < -0.39 is 6.10 Å². The maximum atomic E-state index is 12.7. The van der Waals surface area contributed by atoms with Crippen molar-refractivity contribution in [3.63, 3.8) is 0 Å². The Morgan fingerprint density at radius 1 is 1.14 bits per heavy atom. The van der Waals surface area contributed by atoms with E-state index in [1.165, 1.54) is 0 Å². The van der Waals surface area contributed by atoms with E-state index in [2.05, 4.69) is 37.9 Å². The van der Waals surface area contributed by atoms with Gasteiger partial charge in [-0.2, -0.15) is 5.26 Å².